The van der Waals surface area contributed by atoms with Gasteiger partial charge in [0.15, 0.2) is 0 Å². The Kier molecular flexibility index (Phi) is 8.07. The molecule has 1 fully saturated rings. The summed E-state index contributed by atoms with van der Waals surface area (Å²) in [7, 11) is 0. The molecule has 1 aliphatic rings. The second kappa shape index (κ2) is 9.61. The van der Waals surface area contributed by atoms with E-state index in [0.29, 0.717) is 26.2 Å². The average Bonchev–Trinajstić information content (AvgIpc) is 2.49. The van der Waals surface area contributed by atoms with Crippen LogP contribution in [0.1, 0.15) is 58.8 Å². The minimum atomic E-state index is -0.463. The molecular weight excluding hydrogens is 258 g/mol. The van der Waals surface area contributed by atoms with Crippen molar-refractivity contribution in [1.82, 2.24) is 4.90 Å². The number of carbonyl (C=O) groups is 2. The predicted octanol–water partition coefficient (Wildman–Crippen LogP) is 3.12. The highest BCUT2D eigenvalue weighted by atomic mass is 16.6. The second-order valence-electron chi connectivity index (χ2n) is 5.19. The third-order valence-corrected chi connectivity index (χ3v) is 3.43. The van der Waals surface area contributed by atoms with Crippen molar-refractivity contribution in [2.75, 3.05) is 19.8 Å². The molecule has 1 aliphatic heterocycles. The van der Waals surface area contributed by atoms with Crippen molar-refractivity contribution in [3.8, 4) is 0 Å². The van der Waals surface area contributed by atoms with Crippen molar-refractivity contribution in [2.24, 2.45) is 0 Å². The Morgan fingerprint density at radius 3 is 2.55 bits per heavy atom. The summed E-state index contributed by atoms with van der Waals surface area (Å²) in [5.74, 6) is -0.283. The van der Waals surface area contributed by atoms with E-state index in [1.807, 2.05) is 6.92 Å². The zero-order valence-corrected chi connectivity index (χ0v) is 12.7. The SMILES string of the molecule is CCCCCOC(=O)C1CCCCN1C(=O)OCCC. The number of piperidine rings is 1. The average molecular weight is 285 g/mol. The molecular formula is C15H27NO4. The summed E-state index contributed by atoms with van der Waals surface area (Å²) in [6, 6.07) is -0.463. The molecule has 1 atom stereocenters. The largest absolute Gasteiger partial charge is 0.464 e. The summed E-state index contributed by atoms with van der Waals surface area (Å²) < 4.78 is 10.4. The van der Waals surface area contributed by atoms with E-state index >= 15 is 0 Å². The number of nitrogens with zero attached hydrogens (tertiary/aromatic N) is 1. The van der Waals surface area contributed by atoms with Crippen LogP contribution >= 0.6 is 0 Å². The highest BCUT2D eigenvalue weighted by Crippen LogP contribution is 2.19. The lowest BCUT2D eigenvalue weighted by Crippen LogP contribution is -2.49. The van der Waals surface area contributed by atoms with E-state index in [9.17, 15) is 9.59 Å². The Hall–Kier alpha value is -1.26. The molecule has 0 aliphatic carbocycles. The van der Waals surface area contributed by atoms with Crippen molar-refractivity contribution in [2.45, 2.75) is 64.8 Å². The van der Waals surface area contributed by atoms with Crippen LogP contribution in [0.2, 0.25) is 0 Å². The van der Waals surface area contributed by atoms with Gasteiger partial charge in [-0.15, -0.1) is 0 Å². The minimum absolute atomic E-state index is 0.283. The summed E-state index contributed by atoms with van der Waals surface area (Å²) in [4.78, 5) is 25.6. The van der Waals surface area contributed by atoms with E-state index in [4.69, 9.17) is 9.47 Å². The Bertz CT molecular complexity index is 306. The van der Waals surface area contributed by atoms with Gasteiger partial charge in [-0.2, -0.15) is 0 Å². The molecule has 1 heterocycles. The minimum Gasteiger partial charge on any atom is -0.464 e. The molecule has 1 unspecified atom stereocenters. The van der Waals surface area contributed by atoms with Crippen LogP contribution in [0.5, 0.6) is 0 Å². The highest BCUT2D eigenvalue weighted by Gasteiger charge is 2.34. The van der Waals surface area contributed by atoms with Gasteiger partial charge in [-0.05, 0) is 32.1 Å². The molecule has 0 aromatic rings. The van der Waals surface area contributed by atoms with Crippen LogP contribution in [0.3, 0.4) is 0 Å². The van der Waals surface area contributed by atoms with E-state index < -0.39 is 6.04 Å². The molecule has 20 heavy (non-hydrogen) atoms. The van der Waals surface area contributed by atoms with Gasteiger partial charge in [-0.25, -0.2) is 9.59 Å². The number of carbonyl (C=O) groups excluding carboxylic acids is 2. The van der Waals surface area contributed by atoms with Crippen LogP contribution in [0, 0.1) is 0 Å². The Morgan fingerprint density at radius 2 is 1.85 bits per heavy atom. The standard InChI is InChI=1S/C15H27NO4/c1-3-5-8-12-19-14(17)13-9-6-7-10-16(13)15(18)20-11-4-2/h13H,3-12H2,1-2H3. The Balaban J connectivity index is 2.46. The lowest BCUT2D eigenvalue weighted by molar-refractivity contribution is -0.150. The number of ether oxygens (including phenoxy) is 2. The maximum Gasteiger partial charge on any atom is 0.410 e. The van der Waals surface area contributed by atoms with Crippen molar-refractivity contribution in [3.63, 3.8) is 0 Å². The molecule has 0 N–H and O–H groups in total. The van der Waals surface area contributed by atoms with E-state index in [-0.39, 0.29) is 12.1 Å². The molecule has 5 nitrogen and oxygen atoms in total. The number of rotatable bonds is 7. The number of unbranched alkanes of at least 4 members (excludes halogenated alkanes) is 2. The van der Waals surface area contributed by atoms with Crippen molar-refractivity contribution >= 4 is 12.1 Å². The topological polar surface area (TPSA) is 55.8 Å². The van der Waals surface area contributed by atoms with Gasteiger partial charge in [-0.1, -0.05) is 26.7 Å². The summed E-state index contributed by atoms with van der Waals surface area (Å²) >= 11 is 0. The van der Waals surface area contributed by atoms with Crippen molar-refractivity contribution < 1.29 is 19.1 Å². The number of hydrogen-bond acceptors (Lipinski definition) is 4. The van der Waals surface area contributed by atoms with Crippen LogP contribution in [0.4, 0.5) is 4.79 Å². The molecule has 1 rings (SSSR count). The molecule has 0 radical (unpaired) electrons. The Morgan fingerprint density at radius 1 is 1.05 bits per heavy atom. The predicted molar refractivity (Wildman–Crippen MR) is 76.5 cm³/mol. The molecule has 116 valence electrons. The zero-order valence-electron chi connectivity index (χ0n) is 12.7. The van der Waals surface area contributed by atoms with Crippen LogP contribution in [0.25, 0.3) is 0 Å². The molecule has 0 spiro atoms. The normalized spacial score (nSPS) is 18.7. The fourth-order valence-corrected chi connectivity index (χ4v) is 2.29. The third-order valence-electron chi connectivity index (χ3n) is 3.43. The van der Waals surface area contributed by atoms with E-state index in [2.05, 4.69) is 6.92 Å². The molecule has 5 heteroatoms. The molecule has 0 saturated carbocycles. The Labute approximate surface area is 121 Å². The summed E-state index contributed by atoms with van der Waals surface area (Å²) in [6.45, 7) is 5.48. The molecule has 1 amide bonds. The number of likely N-dealkylation sites (tertiary alicyclic amines) is 1. The van der Waals surface area contributed by atoms with Gasteiger partial charge < -0.3 is 9.47 Å². The molecule has 1 saturated heterocycles. The van der Waals surface area contributed by atoms with E-state index in [1.54, 1.807) is 0 Å². The van der Waals surface area contributed by atoms with Gasteiger partial charge in [0, 0.05) is 6.54 Å². The molecule has 0 aromatic carbocycles. The number of hydrogen-bond donors (Lipinski definition) is 0. The van der Waals surface area contributed by atoms with Crippen LogP contribution in [0.15, 0.2) is 0 Å². The smallest absolute Gasteiger partial charge is 0.410 e. The summed E-state index contributed by atoms with van der Waals surface area (Å²) in [5.41, 5.74) is 0. The lowest BCUT2D eigenvalue weighted by atomic mass is 10.0. The van der Waals surface area contributed by atoms with Gasteiger partial charge in [0.2, 0.25) is 0 Å². The van der Waals surface area contributed by atoms with Crippen molar-refractivity contribution in [3.05, 3.63) is 0 Å². The molecule has 0 bridgehead atoms. The first-order valence-electron chi connectivity index (χ1n) is 7.80. The first-order valence-corrected chi connectivity index (χ1v) is 7.80. The second-order valence-corrected chi connectivity index (χ2v) is 5.19. The van der Waals surface area contributed by atoms with Gasteiger partial charge in [-0.3, -0.25) is 4.90 Å². The maximum absolute atomic E-state index is 12.1. The van der Waals surface area contributed by atoms with Gasteiger partial charge in [0.25, 0.3) is 0 Å². The highest BCUT2D eigenvalue weighted by molar-refractivity contribution is 5.81. The zero-order chi connectivity index (χ0) is 14.8. The monoisotopic (exact) mass is 285 g/mol. The first-order chi connectivity index (χ1) is 9.70. The number of esters is 1. The summed E-state index contributed by atoms with van der Waals surface area (Å²) in [6.07, 6.45) is 5.97. The van der Waals surface area contributed by atoms with Gasteiger partial charge >= 0.3 is 12.1 Å². The van der Waals surface area contributed by atoms with Crippen LogP contribution in [-0.4, -0.2) is 42.8 Å². The third kappa shape index (κ3) is 5.39. The van der Waals surface area contributed by atoms with Crippen LogP contribution < -0.4 is 0 Å². The molecule has 0 aromatic heterocycles. The van der Waals surface area contributed by atoms with Crippen molar-refractivity contribution in [1.29, 1.82) is 0 Å². The van der Waals surface area contributed by atoms with Crippen LogP contribution in [-0.2, 0) is 14.3 Å². The first kappa shape index (κ1) is 16.8. The van der Waals surface area contributed by atoms with E-state index in [0.717, 1.165) is 38.5 Å². The summed E-state index contributed by atoms with van der Waals surface area (Å²) in [5, 5.41) is 0. The lowest BCUT2D eigenvalue weighted by Gasteiger charge is -2.33. The maximum atomic E-state index is 12.1. The fraction of sp³-hybridized carbons (Fsp3) is 0.867. The fourth-order valence-electron chi connectivity index (χ4n) is 2.29. The van der Waals surface area contributed by atoms with Gasteiger partial charge in [0.1, 0.15) is 6.04 Å². The van der Waals surface area contributed by atoms with E-state index in [1.165, 1.54) is 4.90 Å². The number of amides is 1. The quantitative estimate of drug-likeness (QED) is 0.532. The van der Waals surface area contributed by atoms with Gasteiger partial charge in [0.05, 0.1) is 13.2 Å².